The second-order valence-corrected chi connectivity index (χ2v) is 6.08. The van der Waals surface area contributed by atoms with Crippen LogP contribution < -0.4 is 5.56 Å². The molecule has 2 aromatic carbocycles. The fourth-order valence-corrected chi connectivity index (χ4v) is 3.38. The van der Waals surface area contributed by atoms with Crippen LogP contribution in [0.15, 0.2) is 69.3 Å². The van der Waals surface area contributed by atoms with Crippen LogP contribution in [-0.4, -0.2) is 18.6 Å². The molecule has 20 heavy (non-hydrogen) atoms. The summed E-state index contributed by atoms with van der Waals surface area (Å²) >= 11 is 0. The molecule has 0 aliphatic rings. The van der Waals surface area contributed by atoms with Gasteiger partial charge in [-0.05, 0) is 18.2 Å². The van der Waals surface area contributed by atoms with Crippen LogP contribution in [0.4, 0.5) is 0 Å². The van der Waals surface area contributed by atoms with Gasteiger partial charge in [0.05, 0.1) is 10.3 Å². The minimum Gasteiger partial charge on any atom is -0.267 e. The predicted octanol–water partition coefficient (Wildman–Crippen LogP) is 1.76. The van der Waals surface area contributed by atoms with Crippen molar-refractivity contribution in [3.8, 4) is 0 Å². The maximum Gasteiger partial charge on any atom is 0.272 e. The van der Waals surface area contributed by atoms with Gasteiger partial charge in [-0.25, -0.2) is 13.5 Å². The average molecular weight is 286 g/mol. The number of aromatic nitrogens is 2. The number of rotatable bonds is 2. The van der Waals surface area contributed by atoms with E-state index in [-0.39, 0.29) is 9.92 Å². The molecule has 0 aliphatic carbocycles. The SMILES string of the molecule is O=c1[nH]nc(S(=O)(=O)c2ccccc2)c2ccccc12. The lowest BCUT2D eigenvalue weighted by Gasteiger charge is -2.06. The van der Waals surface area contributed by atoms with Crippen molar-refractivity contribution in [2.75, 3.05) is 0 Å². The van der Waals surface area contributed by atoms with Crippen molar-refractivity contribution in [3.63, 3.8) is 0 Å². The van der Waals surface area contributed by atoms with Gasteiger partial charge in [0.15, 0.2) is 5.03 Å². The van der Waals surface area contributed by atoms with Gasteiger partial charge in [0, 0.05) is 5.39 Å². The summed E-state index contributed by atoms with van der Waals surface area (Å²) in [6, 6.07) is 14.5. The van der Waals surface area contributed by atoms with E-state index in [4.69, 9.17) is 0 Å². The van der Waals surface area contributed by atoms with Gasteiger partial charge in [-0.2, -0.15) is 5.10 Å². The number of H-pyrrole nitrogens is 1. The highest BCUT2D eigenvalue weighted by atomic mass is 32.2. The van der Waals surface area contributed by atoms with Crippen molar-refractivity contribution < 1.29 is 8.42 Å². The molecule has 0 spiro atoms. The van der Waals surface area contributed by atoms with Crippen LogP contribution in [0.25, 0.3) is 10.8 Å². The molecule has 6 heteroatoms. The molecule has 3 aromatic rings. The second kappa shape index (κ2) is 4.57. The largest absolute Gasteiger partial charge is 0.272 e. The summed E-state index contributed by atoms with van der Waals surface area (Å²) in [4.78, 5) is 11.8. The molecular weight excluding hydrogens is 276 g/mol. The van der Waals surface area contributed by atoms with E-state index in [1.54, 1.807) is 42.5 Å². The Balaban J connectivity index is 2.37. The van der Waals surface area contributed by atoms with Crippen LogP contribution in [0.2, 0.25) is 0 Å². The third-order valence-corrected chi connectivity index (χ3v) is 4.68. The first-order valence-electron chi connectivity index (χ1n) is 5.88. The maximum atomic E-state index is 12.6. The fourth-order valence-electron chi connectivity index (χ4n) is 2.01. The summed E-state index contributed by atoms with van der Waals surface area (Å²) in [5, 5.41) is 6.45. The van der Waals surface area contributed by atoms with Gasteiger partial charge in [0.1, 0.15) is 0 Å². The van der Waals surface area contributed by atoms with Crippen molar-refractivity contribution in [2.45, 2.75) is 9.92 Å². The van der Waals surface area contributed by atoms with Gasteiger partial charge in [0.25, 0.3) is 5.56 Å². The standard InChI is InChI=1S/C14H10N2O3S/c17-13-11-8-4-5-9-12(11)14(16-15-13)20(18,19)10-6-2-1-3-7-10/h1-9H,(H,15,17). The van der Waals surface area contributed by atoms with Crippen molar-refractivity contribution in [3.05, 3.63) is 65.0 Å². The quantitative estimate of drug-likeness (QED) is 0.778. The first-order valence-corrected chi connectivity index (χ1v) is 7.36. The van der Waals surface area contributed by atoms with E-state index in [2.05, 4.69) is 10.2 Å². The summed E-state index contributed by atoms with van der Waals surface area (Å²) in [7, 11) is -3.76. The van der Waals surface area contributed by atoms with Crippen molar-refractivity contribution in [1.29, 1.82) is 0 Å². The van der Waals surface area contributed by atoms with Gasteiger partial charge < -0.3 is 0 Å². The smallest absolute Gasteiger partial charge is 0.267 e. The van der Waals surface area contributed by atoms with Crippen LogP contribution in [0.1, 0.15) is 0 Å². The molecule has 0 bridgehead atoms. The van der Waals surface area contributed by atoms with E-state index in [1.807, 2.05) is 0 Å². The summed E-state index contributed by atoms with van der Waals surface area (Å²) in [6.45, 7) is 0. The highest BCUT2D eigenvalue weighted by Gasteiger charge is 2.22. The molecule has 0 aliphatic heterocycles. The molecule has 0 radical (unpaired) electrons. The Morgan fingerprint density at radius 3 is 2.15 bits per heavy atom. The normalized spacial score (nSPS) is 11.6. The Morgan fingerprint density at radius 2 is 1.45 bits per heavy atom. The van der Waals surface area contributed by atoms with Crippen molar-refractivity contribution in [2.24, 2.45) is 0 Å². The van der Waals surface area contributed by atoms with E-state index in [9.17, 15) is 13.2 Å². The Bertz CT molecular complexity index is 931. The van der Waals surface area contributed by atoms with Gasteiger partial charge in [-0.15, -0.1) is 0 Å². The Kier molecular flexibility index (Phi) is 2.87. The molecule has 3 rings (SSSR count). The number of nitrogens with one attached hydrogen (secondary N) is 1. The highest BCUT2D eigenvalue weighted by molar-refractivity contribution is 7.91. The van der Waals surface area contributed by atoms with Crippen molar-refractivity contribution in [1.82, 2.24) is 10.2 Å². The zero-order chi connectivity index (χ0) is 14.2. The molecule has 100 valence electrons. The summed E-state index contributed by atoms with van der Waals surface area (Å²) < 4.78 is 25.1. The topological polar surface area (TPSA) is 79.9 Å². The molecule has 1 heterocycles. The highest BCUT2D eigenvalue weighted by Crippen LogP contribution is 2.23. The zero-order valence-corrected chi connectivity index (χ0v) is 11.1. The van der Waals surface area contributed by atoms with Crippen LogP contribution in [0, 0.1) is 0 Å². The van der Waals surface area contributed by atoms with E-state index >= 15 is 0 Å². The van der Waals surface area contributed by atoms with Crippen LogP contribution in [-0.2, 0) is 9.84 Å². The predicted molar refractivity (Wildman–Crippen MR) is 74.3 cm³/mol. The zero-order valence-electron chi connectivity index (χ0n) is 10.3. The molecule has 0 atom stereocenters. The number of benzene rings is 2. The van der Waals surface area contributed by atoms with Gasteiger partial charge >= 0.3 is 0 Å². The molecular formula is C14H10N2O3S. The number of hydrogen-bond donors (Lipinski definition) is 1. The van der Waals surface area contributed by atoms with Crippen molar-refractivity contribution >= 4 is 20.6 Å². The molecule has 0 saturated carbocycles. The number of hydrogen-bond acceptors (Lipinski definition) is 4. The average Bonchev–Trinajstić information content (AvgIpc) is 2.48. The molecule has 0 fully saturated rings. The number of fused-ring (bicyclic) bond motifs is 1. The molecule has 0 unspecified atom stereocenters. The van der Waals surface area contributed by atoms with Gasteiger partial charge in [-0.3, -0.25) is 4.79 Å². The van der Waals surface area contributed by atoms with Gasteiger partial charge in [-0.1, -0.05) is 36.4 Å². The monoisotopic (exact) mass is 286 g/mol. The number of aromatic amines is 1. The summed E-state index contributed by atoms with van der Waals surface area (Å²) in [5.41, 5.74) is -0.410. The van der Waals surface area contributed by atoms with Crippen LogP contribution in [0.3, 0.4) is 0 Å². The molecule has 1 N–H and O–H groups in total. The molecule has 0 amide bonds. The fraction of sp³-hybridized carbons (Fsp3) is 0. The van der Waals surface area contributed by atoms with E-state index in [0.29, 0.717) is 10.8 Å². The van der Waals surface area contributed by atoms with E-state index in [0.717, 1.165) is 0 Å². The summed E-state index contributed by atoms with van der Waals surface area (Å²) in [5.74, 6) is 0. The van der Waals surface area contributed by atoms with Crippen LogP contribution >= 0.6 is 0 Å². The first-order chi connectivity index (χ1) is 9.60. The third-order valence-electron chi connectivity index (χ3n) is 2.97. The Labute approximate surface area is 114 Å². The maximum absolute atomic E-state index is 12.6. The van der Waals surface area contributed by atoms with Gasteiger partial charge in [0.2, 0.25) is 9.84 Å². The number of nitrogens with zero attached hydrogens (tertiary/aromatic N) is 1. The lowest BCUT2D eigenvalue weighted by molar-refractivity contribution is 0.591. The molecule has 5 nitrogen and oxygen atoms in total. The molecule has 0 saturated heterocycles. The second-order valence-electron chi connectivity index (χ2n) is 4.22. The minimum absolute atomic E-state index is 0.140. The van der Waals surface area contributed by atoms with E-state index < -0.39 is 15.4 Å². The Morgan fingerprint density at radius 1 is 0.850 bits per heavy atom. The van der Waals surface area contributed by atoms with E-state index in [1.165, 1.54) is 12.1 Å². The first kappa shape index (κ1) is 12.6. The lowest BCUT2D eigenvalue weighted by Crippen LogP contribution is -2.14. The Hall–Kier alpha value is -2.47. The minimum atomic E-state index is -3.76. The third kappa shape index (κ3) is 1.90. The summed E-state index contributed by atoms with van der Waals surface area (Å²) in [6.07, 6.45) is 0. The molecule has 1 aromatic heterocycles. The number of sulfone groups is 1. The lowest BCUT2D eigenvalue weighted by atomic mass is 10.2. The van der Waals surface area contributed by atoms with Crippen LogP contribution in [0.5, 0.6) is 0 Å².